The van der Waals surface area contributed by atoms with E-state index in [0.29, 0.717) is 6.04 Å². The van der Waals surface area contributed by atoms with Crippen molar-refractivity contribution < 1.29 is 9.90 Å². The molecule has 1 rings (SSSR count). The molecule has 1 aromatic rings. The summed E-state index contributed by atoms with van der Waals surface area (Å²) in [6, 6.07) is 0.386. The number of aromatic nitrogens is 1. The highest BCUT2D eigenvalue weighted by Crippen LogP contribution is 2.27. The summed E-state index contributed by atoms with van der Waals surface area (Å²) in [4.78, 5) is 18.0. The summed E-state index contributed by atoms with van der Waals surface area (Å²) in [6.45, 7) is 8.95. The second-order valence-corrected chi connectivity index (χ2v) is 4.93. The number of carbonyl (C=O) groups is 1. The fourth-order valence-electron chi connectivity index (χ4n) is 1.56. The number of hydrogen-bond donors (Lipinski definition) is 1. The molecule has 0 aliphatic carbocycles. The molecule has 1 heterocycles. The van der Waals surface area contributed by atoms with Crippen LogP contribution in [0.4, 0.5) is 5.13 Å². The molecule has 1 atom stereocenters. The van der Waals surface area contributed by atoms with E-state index in [4.69, 9.17) is 5.11 Å². The Balaban J connectivity index is 3.03. The number of aromatic carboxylic acids is 1. The number of carboxylic acids is 1. The van der Waals surface area contributed by atoms with E-state index in [0.717, 1.165) is 23.0 Å². The van der Waals surface area contributed by atoms with Crippen LogP contribution in [0, 0.1) is 6.92 Å². The first-order valence-electron chi connectivity index (χ1n) is 5.48. The lowest BCUT2D eigenvalue weighted by atomic mass is 10.2. The number of thiazole rings is 1. The van der Waals surface area contributed by atoms with Crippen LogP contribution in [0.25, 0.3) is 0 Å². The first-order valence-corrected chi connectivity index (χ1v) is 6.30. The van der Waals surface area contributed by atoms with Gasteiger partial charge in [-0.3, -0.25) is 0 Å². The van der Waals surface area contributed by atoms with Crippen LogP contribution in [0.2, 0.25) is 0 Å². The van der Waals surface area contributed by atoms with Gasteiger partial charge < -0.3 is 10.0 Å². The first kappa shape index (κ1) is 13.0. The Morgan fingerprint density at radius 3 is 2.56 bits per heavy atom. The van der Waals surface area contributed by atoms with Crippen LogP contribution in [-0.4, -0.2) is 28.6 Å². The second-order valence-electron chi connectivity index (χ2n) is 3.75. The third-order valence-corrected chi connectivity index (χ3v) is 3.71. The number of nitrogens with zero attached hydrogens (tertiary/aromatic N) is 2. The van der Waals surface area contributed by atoms with Gasteiger partial charge in [-0.25, -0.2) is 9.78 Å². The lowest BCUT2D eigenvalue weighted by Crippen LogP contribution is -2.32. The van der Waals surface area contributed by atoms with Crippen molar-refractivity contribution in [2.24, 2.45) is 0 Å². The summed E-state index contributed by atoms with van der Waals surface area (Å²) in [7, 11) is 0. The van der Waals surface area contributed by atoms with Crippen molar-refractivity contribution in [3.8, 4) is 0 Å². The van der Waals surface area contributed by atoms with Crippen molar-refractivity contribution in [3.63, 3.8) is 0 Å². The minimum Gasteiger partial charge on any atom is -0.476 e. The van der Waals surface area contributed by atoms with E-state index in [-0.39, 0.29) is 5.69 Å². The van der Waals surface area contributed by atoms with Crippen LogP contribution >= 0.6 is 11.3 Å². The molecule has 0 fully saturated rings. The number of hydrogen-bond acceptors (Lipinski definition) is 4. The SMILES string of the molecule is CCC(C)N(CC)c1nc(C(=O)O)c(C)s1. The minimum absolute atomic E-state index is 0.182. The largest absolute Gasteiger partial charge is 0.476 e. The molecule has 1 aromatic heterocycles. The van der Waals surface area contributed by atoms with Gasteiger partial charge in [0.25, 0.3) is 0 Å². The third-order valence-electron chi connectivity index (χ3n) is 2.70. The fraction of sp³-hybridized carbons (Fsp3) is 0.636. The van der Waals surface area contributed by atoms with E-state index in [1.807, 2.05) is 0 Å². The predicted octanol–water partition coefficient (Wildman–Crippen LogP) is 2.77. The first-order chi connectivity index (χ1) is 7.51. The van der Waals surface area contributed by atoms with E-state index >= 15 is 0 Å². The summed E-state index contributed by atoms with van der Waals surface area (Å²) in [5.74, 6) is -0.944. The second kappa shape index (κ2) is 5.30. The van der Waals surface area contributed by atoms with Gasteiger partial charge in [0.1, 0.15) is 0 Å². The topological polar surface area (TPSA) is 53.4 Å². The molecular formula is C11H18N2O2S. The van der Waals surface area contributed by atoms with Gasteiger partial charge in [-0.15, -0.1) is 11.3 Å². The summed E-state index contributed by atoms with van der Waals surface area (Å²) >= 11 is 1.45. The molecule has 0 bridgehead atoms. The number of anilines is 1. The average Bonchev–Trinajstić information content (AvgIpc) is 2.61. The fourth-order valence-corrected chi connectivity index (χ4v) is 2.63. The average molecular weight is 242 g/mol. The molecule has 0 aliphatic rings. The smallest absolute Gasteiger partial charge is 0.355 e. The molecule has 0 aliphatic heterocycles. The van der Waals surface area contributed by atoms with Crippen molar-refractivity contribution in [2.75, 3.05) is 11.4 Å². The summed E-state index contributed by atoms with van der Waals surface area (Å²) in [5.41, 5.74) is 0.182. The molecule has 0 amide bonds. The van der Waals surface area contributed by atoms with E-state index < -0.39 is 5.97 Å². The van der Waals surface area contributed by atoms with Crippen LogP contribution < -0.4 is 4.90 Å². The number of rotatable bonds is 5. The number of carboxylic acid groups (broad SMARTS) is 1. The highest BCUT2D eigenvalue weighted by molar-refractivity contribution is 7.15. The van der Waals surface area contributed by atoms with Crippen LogP contribution in [0.3, 0.4) is 0 Å². The Morgan fingerprint density at radius 1 is 1.56 bits per heavy atom. The molecule has 4 nitrogen and oxygen atoms in total. The Kier molecular flexibility index (Phi) is 4.29. The molecule has 16 heavy (non-hydrogen) atoms. The molecule has 0 saturated carbocycles. The highest BCUT2D eigenvalue weighted by Gasteiger charge is 2.19. The monoisotopic (exact) mass is 242 g/mol. The summed E-state index contributed by atoms with van der Waals surface area (Å²) in [5, 5.41) is 9.77. The lowest BCUT2D eigenvalue weighted by Gasteiger charge is -2.26. The van der Waals surface area contributed by atoms with E-state index in [1.54, 1.807) is 6.92 Å². The van der Waals surface area contributed by atoms with Crippen LogP contribution in [-0.2, 0) is 0 Å². The molecule has 0 saturated heterocycles. The molecule has 90 valence electrons. The molecular weight excluding hydrogens is 224 g/mol. The maximum absolute atomic E-state index is 10.9. The predicted molar refractivity (Wildman–Crippen MR) is 66.6 cm³/mol. The van der Waals surface area contributed by atoms with Gasteiger partial charge in [0, 0.05) is 17.5 Å². The van der Waals surface area contributed by atoms with Gasteiger partial charge in [0.05, 0.1) is 0 Å². The third kappa shape index (κ3) is 2.52. The van der Waals surface area contributed by atoms with E-state index in [1.165, 1.54) is 11.3 Å². The van der Waals surface area contributed by atoms with Crippen LogP contribution in [0.5, 0.6) is 0 Å². The molecule has 0 aromatic carbocycles. The van der Waals surface area contributed by atoms with Gasteiger partial charge >= 0.3 is 5.97 Å². The maximum Gasteiger partial charge on any atom is 0.355 e. The zero-order valence-electron chi connectivity index (χ0n) is 10.1. The molecule has 5 heteroatoms. The van der Waals surface area contributed by atoms with Gasteiger partial charge in [0.2, 0.25) is 0 Å². The summed E-state index contributed by atoms with van der Waals surface area (Å²) < 4.78 is 0. The van der Waals surface area contributed by atoms with Gasteiger partial charge in [0.15, 0.2) is 10.8 Å². The maximum atomic E-state index is 10.9. The Labute approximate surface area is 99.9 Å². The zero-order chi connectivity index (χ0) is 12.3. The standard InChI is InChI=1S/C11H18N2O2S/c1-5-7(3)13(6-2)11-12-9(10(14)15)8(4)16-11/h7H,5-6H2,1-4H3,(H,14,15). The molecule has 0 radical (unpaired) electrons. The summed E-state index contributed by atoms with van der Waals surface area (Å²) in [6.07, 6.45) is 1.02. The van der Waals surface area contributed by atoms with Crippen molar-refractivity contribution in [1.29, 1.82) is 0 Å². The molecule has 1 unspecified atom stereocenters. The minimum atomic E-state index is -0.944. The quantitative estimate of drug-likeness (QED) is 0.862. The number of aryl methyl sites for hydroxylation is 1. The zero-order valence-corrected chi connectivity index (χ0v) is 11.0. The Hall–Kier alpha value is -1.10. The normalized spacial score (nSPS) is 12.5. The van der Waals surface area contributed by atoms with E-state index in [9.17, 15) is 4.79 Å². The molecule has 0 spiro atoms. The van der Waals surface area contributed by atoms with Crippen molar-refractivity contribution in [1.82, 2.24) is 4.98 Å². The van der Waals surface area contributed by atoms with Gasteiger partial charge in [-0.2, -0.15) is 0 Å². The Bertz CT molecular complexity index is 376. The van der Waals surface area contributed by atoms with Crippen LogP contribution in [0.1, 0.15) is 42.6 Å². The van der Waals surface area contributed by atoms with Crippen molar-refractivity contribution >= 4 is 22.4 Å². The van der Waals surface area contributed by atoms with E-state index in [2.05, 4.69) is 30.7 Å². The van der Waals surface area contributed by atoms with Gasteiger partial charge in [-0.05, 0) is 27.2 Å². The van der Waals surface area contributed by atoms with Crippen molar-refractivity contribution in [2.45, 2.75) is 40.2 Å². The van der Waals surface area contributed by atoms with Crippen molar-refractivity contribution in [3.05, 3.63) is 10.6 Å². The lowest BCUT2D eigenvalue weighted by molar-refractivity contribution is 0.0690. The van der Waals surface area contributed by atoms with Crippen LogP contribution in [0.15, 0.2) is 0 Å². The highest BCUT2D eigenvalue weighted by atomic mass is 32.1. The molecule has 1 N–H and O–H groups in total. The van der Waals surface area contributed by atoms with Gasteiger partial charge in [-0.1, -0.05) is 6.92 Å². The Morgan fingerprint density at radius 2 is 2.19 bits per heavy atom.